The number of esters is 1. The third-order valence-corrected chi connectivity index (χ3v) is 3.37. The topological polar surface area (TPSA) is 52.3 Å². The zero-order valence-electron chi connectivity index (χ0n) is 11.9. The highest BCUT2D eigenvalue weighted by atomic mass is 35.5. The second-order valence-corrected chi connectivity index (χ2v) is 5.58. The van der Waals surface area contributed by atoms with E-state index >= 15 is 0 Å². The summed E-state index contributed by atoms with van der Waals surface area (Å²) in [4.78, 5) is 16.3. The van der Waals surface area contributed by atoms with E-state index in [-0.39, 0.29) is 24.2 Å². The van der Waals surface area contributed by atoms with Crippen molar-refractivity contribution in [1.29, 1.82) is 0 Å². The number of hydrogen-bond donors (Lipinski definition) is 0. The maximum Gasteiger partial charge on any atom is 0.376 e. The molecule has 0 bridgehead atoms. The van der Waals surface area contributed by atoms with Gasteiger partial charge in [-0.15, -0.1) is 0 Å². The summed E-state index contributed by atoms with van der Waals surface area (Å²) in [5, 5.41) is 0.930. The zero-order chi connectivity index (χ0) is 15.6. The van der Waals surface area contributed by atoms with Crippen molar-refractivity contribution in [3.63, 3.8) is 0 Å². The lowest BCUT2D eigenvalue weighted by atomic mass is 10.1. The van der Waals surface area contributed by atoms with Gasteiger partial charge >= 0.3 is 5.97 Å². The highest BCUT2D eigenvalue weighted by Gasteiger charge is 2.24. The highest BCUT2D eigenvalue weighted by molar-refractivity contribution is 6.36. The fraction of sp³-hybridized carbons (Fsp3) is 0.333. The molecule has 0 aliphatic heterocycles. The maximum absolute atomic E-state index is 11.9. The number of rotatable bonds is 4. The molecule has 0 atom stereocenters. The predicted molar refractivity (Wildman–Crippen MR) is 82.0 cm³/mol. The molecule has 1 aromatic carbocycles. The zero-order valence-corrected chi connectivity index (χ0v) is 13.5. The van der Waals surface area contributed by atoms with Crippen molar-refractivity contribution < 1.29 is 13.9 Å². The van der Waals surface area contributed by atoms with Gasteiger partial charge in [0.25, 0.3) is 0 Å². The van der Waals surface area contributed by atoms with E-state index in [0.29, 0.717) is 21.3 Å². The van der Waals surface area contributed by atoms with Gasteiger partial charge in [-0.3, -0.25) is 0 Å². The lowest BCUT2D eigenvalue weighted by Gasteiger charge is -2.02. The van der Waals surface area contributed by atoms with E-state index in [0.717, 1.165) is 0 Å². The molecule has 1 aromatic heterocycles. The quantitative estimate of drug-likeness (QED) is 0.745. The Bertz CT molecular complexity index is 665. The van der Waals surface area contributed by atoms with Crippen molar-refractivity contribution >= 4 is 29.2 Å². The summed E-state index contributed by atoms with van der Waals surface area (Å²) in [6, 6.07) is 4.99. The normalized spacial score (nSPS) is 11.0. The van der Waals surface area contributed by atoms with E-state index in [9.17, 15) is 4.79 Å². The fourth-order valence-electron chi connectivity index (χ4n) is 1.84. The van der Waals surface area contributed by atoms with Crippen LogP contribution >= 0.6 is 23.2 Å². The number of hydrogen-bond acceptors (Lipinski definition) is 4. The van der Waals surface area contributed by atoms with Crippen molar-refractivity contribution in [2.45, 2.75) is 26.7 Å². The van der Waals surface area contributed by atoms with Crippen LogP contribution in [0.1, 0.15) is 42.9 Å². The number of ether oxygens (including phenoxy) is 1. The van der Waals surface area contributed by atoms with Gasteiger partial charge in [0.2, 0.25) is 11.7 Å². The molecule has 0 aliphatic rings. The van der Waals surface area contributed by atoms with E-state index in [1.54, 1.807) is 25.1 Å². The van der Waals surface area contributed by atoms with Crippen LogP contribution in [0.15, 0.2) is 22.6 Å². The second-order valence-electron chi connectivity index (χ2n) is 4.73. The molecule has 1 heterocycles. The summed E-state index contributed by atoms with van der Waals surface area (Å²) in [7, 11) is 0. The monoisotopic (exact) mass is 327 g/mol. The summed E-state index contributed by atoms with van der Waals surface area (Å²) in [6.45, 7) is 5.86. The first kappa shape index (κ1) is 15.9. The van der Waals surface area contributed by atoms with E-state index in [1.807, 2.05) is 13.8 Å². The van der Waals surface area contributed by atoms with Crippen molar-refractivity contribution in [3.05, 3.63) is 39.7 Å². The van der Waals surface area contributed by atoms with E-state index < -0.39 is 5.97 Å². The van der Waals surface area contributed by atoms with Gasteiger partial charge < -0.3 is 9.15 Å². The van der Waals surface area contributed by atoms with Crippen LogP contribution in [0.5, 0.6) is 0 Å². The molecule has 2 aromatic rings. The van der Waals surface area contributed by atoms with Gasteiger partial charge in [-0.05, 0) is 31.0 Å². The van der Waals surface area contributed by atoms with E-state index in [1.165, 1.54) is 0 Å². The first-order valence-electron chi connectivity index (χ1n) is 6.57. The van der Waals surface area contributed by atoms with Gasteiger partial charge in [0.15, 0.2) is 0 Å². The van der Waals surface area contributed by atoms with Gasteiger partial charge in [0.05, 0.1) is 22.9 Å². The number of benzene rings is 1. The Balaban J connectivity index is 2.51. The summed E-state index contributed by atoms with van der Waals surface area (Å²) in [5.41, 5.74) is 1.13. The van der Waals surface area contributed by atoms with Crippen LogP contribution in [-0.2, 0) is 4.74 Å². The van der Waals surface area contributed by atoms with Gasteiger partial charge in [-0.1, -0.05) is 37.0 Å². The molecule has 4 nitrogen and oxygen atoms in total. The average Bonchev–Trinajstić information content (AvgIpc) is 2.84. The summed E-state index contributed by atoms with van der Waals surface area (Å²) < 4.78 is 10.6. The molecule has 0 unspecified atom stereocenters. The smallest absolute Gasteiger partial charge is 0.376 e. The van der Waals surface area contributed by atoms with Crippen LogP contribution in [-0.4, -0.2) is 17.6 Å². The second kappa shape index (κ2) is 6.50. The minimum absolute atomic E-state index is 0.0213. The number of carbonyl (C=O) groups excluding carboxylic acids is 1. The standard InChI is InChI=1S/C15H15Cl2NO3/c1-4-20-15(19)13-12(8(2)3)18-14(21-13)10-6-5-9(16)7-11(10)17/h5-8H,4H2,1-3H3. The molecule has 21 heavy (non-hydrogen) atoms. The average molecular weight is 328 g/mol. The molecule has 0 aliphatic carbocycles. The third kappa shape index (κ3) is 3.39. The fourth-order valence-corrected chi connectivity index (χ4v) is 2.33. The molecule has 0 saturated heterocycles. The first-order chi connectivity index (χ1) is 9.93. The van der Waals surface area contributed by atoms with Crippen molar-refractivity contribution in [3.8, 4) is 11.5 Å². The Morgan fingerprint density at radius 1 is 1.38 bits per heavy atom. The first-order valence-corrected chi connectivity index (χ1v) is 7.32. The van der Waals surface area contributed by atoms with Crippen molar-refractivity contribution in [2.24, 2.45) is 0 Å². The van der Waals surface area contributed by atoms with Crippen LogP contribution in [0.25, 0.3) is 11.5 Å². The molecule has 2 rings (SSSR count). The van der Waals surface area contributed by atoms with E-state index in [4.69, 9.17) is 32.4 Å². The largest absolute Gasteiger partial charge is 0.460 e. The van der Waals surface area contributed by atoms with Gasteiger partial charge in [0.1, 0.15) is 0 Å². The minimum Gasteiger partial charge on any atom is -0.460 e. The van der Waals surface area contributed by atoms with E-state index in [2.05, 4.69) is 4.98 Å². The van der Waals surface area contributed by atoms with Crippen LogP contribution in [0.2, 0.25) is 10.0 Å². The Kier molecular flexibility index (Phi) is 4.91. The lowest BCUT2D eigenvalue weighted by Crippen LogP contribution is -2.07. The molecule has 0 fully saturated rings. The molecule has 112 valence electrons. The number of nitrogens with zero attached hydrogens (tertiary/aromatic N) is 1. The van der Waals surface area contributed by atoms with Crippen molar-refractivity contribution in [2.75, 3.05) is 6.61 Å². The third-order valence-electron chi connectivity index (χ3n) is 2.82. The Morgan fingerprint density at radius 2 is 2.10 bits per heavy atom. The van der Waals surface area contributed by atoms with Gasteiger partial charge in [-0.2, -0.15) is 0 Å². The number of halogens is 2. The lowest BCUT2D eigenvalue weighted by molar-refractivity contribution is 0.0488. The minimum atomic E-state index is -0.523. The summed E-state index contributed by atoms with van der Waals surface area (Å²) in [6.07, 6.45) is 0. The highest BCUT2D eigenvalue weighted by Crippen LogP contribution is 2.33. The van der Waals surface area contributed by atoms with Crippen LogP contribution in [0, 0.1) is 0 Å². The molecule has 0 spiro atoms. The Hall–Kier alpha value is -1.52. The molecule has 0 radical (unpaired) electrons. The summed E-state index contributed by atoms with van der Waals surface area (Å²) in [5.74, 6) is -0.102. The molecular weight excluding hydrogens is 313 g/mol. The Morgan fingerprint density at radius 3 is 2.67 bits per heavy atom. The number of carbonyl (C=O) groups is 1. The predicted octanol–water partition coefficient (Wildman–Crippen LogP) is 4.95. The van der Waals surface area contributed by atoms with Crippen molar-refractivity contribution in [1.82, 2.24) is 4.98 Å². The van der Waals surface area contributed by atoms with Crippen LogP contribution < -0.4 is 0 Å². The maximum atomic E-state index is 11.9. The Labute approximate surface area is 133 Å². The molecular formula is C15H15Cl2NO3. The molecule has 0 amide bonds. The molecule has 0 N–H and O–H groups in total. The SMILES string of the molecule is CCOC(=O)c1oc(-c2ccc(Cl)cc2Cl)nc1C(C)C. The molecule has 6 heteroatoms. The van der Waals surface area contributed by atoms with Gasteiger partial charge in [0, 0.05) is 5.02 Å². The van der Waals surface area contributed by atoms with Crippen LogP contribution in [0.4, 0.5) is 0 Å². The number of aromatic nitrogens is 1. The summed E-state index contributed by atoms with van der Waals surface area (Å²) >= 11 is 12.0. The van der Waals surface area contributed by atoms with Gasteiger partial charge in [-0.25, -0.2) is 9.78 Å². The van der Waals surface area contributed by atoms with Crippen LogP contribution in [0.3, 0.4) is 0 Å². The molecule has 0 saturated carbocycles. The number of oxazole rings is 1.